The summed E-state index contributed by atoms with van der Waals surface area (Å²) in [6.45, 7) is 3.92. The van der Waals surface area contributed by atoms with Gasteiger partial charge >= 0.3 is 0 Å². The summed E-state index contributed by atoms with van der Waals surface area (Å²) >= 11 is 1.74. The molecule has 0 bridgehead atoms. The fourth-order valence-corrected chi connectivity index (χ4v) is 5.08. The van der Waals surface area contributed by atoms with Gasteiger partial charge in [-0.15, -0.1) is 11.3 Å². The number of hydrogen-bond acceptors (Lipinski definition) is 7. The van der Waals surface area contributed by atoms with Crippen molar-refractivity contribution in [3.8, 4) is 17.2 Å². The van der Waals surface area contributed by atoms with Crippen molar-refractivity contribution in [2.45, 2.75) is 12.5 Å². The van der Waals surface area contributed by atoms with Crippen LogP contribution in [0.15, 0.2) is 36.4 Å². The zero-order chi connectivity index (χ0) is 20.2. The molecule has 1 aliphatic rings. The summed E-state index contributed by atoms with van der Waals surface area (Å²) in [5.74, 6) is 1.98. The Morgan fingerprint density at radius 1 is 0.966 bits per heavy atom. The van der Waals surface area contributed by atoms with E-state index in [1.165, 1.54) is 4.70 Å². The van der Waals surface area contributed by atoms with Gasteiger partial charge in [0.05, 0.1) is 37.6 Å². The molecule has 0 amide bonds. The Balaban J connectivity index is 1.88. The smallest absolute Gasteiger partial charge is 0.203 e. The number of nitrogens with one attached hydrogen (secondary N) is 1. The van der Waals surface area contributed by atoms with Gasteiger partial charge < -0.3 is 19.5 Å². The van der Waals surface area contributed by atoms with Crippen LogP contribution in [-0.2, 0) is 0 Å². The van der Waals surface area contributed by atoms with Crippen molar-refractivity contribution in [3.63, 3.8) is 0 Å². The summed E-state index contributed by atoms with van der Waals surface area (Å²) in [6.07, 6.45) is 1.09. The molecule has 0 radical (unpaired) electrons. The average Bonchev–Trinajstić information content (AvgIpc) is 3.00. The molecule has 154 valence electrons. The Morgan fingerprint density at radius 3 is 2.55 bits per heavy atom. The van der Waals surface area contributed by atoms with E-state index in [1.807, 2.05) is 12.1 Å². The van der Waals surface area contributed by atoms with E-state index in [0.717, 1.165) is 48.7 Å². The van der Waals surface area contributed by atoms with Gasteiger partial charge in [-0.3, -0.25) is 4.90 Å². The monoisotopic (exact) mass is 413 g/mol. The second-order valence-corrected chi connectivity index (χ2v) is 8.05. The van der Waals surface area contributed by atoms with E-state index in [0.29, 0.717) is 17.2 Å². The lowest BCUT2D eigenvalue weighted by atomic mass is 10.0. The summed E-state index contributed by atoms with van der Waals surface area (Å²) in [4.78, 5) is 7.49. The SMILES string of the molecule is COc1ccc(C(c2nc3ccccc3s2)N2CCCNCC2)c(OC)c1OC. The lowest BCUT2D eigenvalue weighted by Crippen LogP contribution is -2.33. The van der Waals surface area contributed by atoms with Crippen LogP contribution in [-0.4, -0.2) is 57.4 Å². The van der Waals surface area contributed by atoms with Crippen molar-refractivity contribution in [1.82, 2.24) is 15.2 Å². The van der Waals surface area contributed by atoms with Crippen LogP contribution in [0.25, 0.3) is 10.2 Å². The third-order valence-electron chi connectivity index (χ3n) is 5.31. The van der Waals surface area contributed by atoms with Gasteiger partial charge in [-0.25, -0.2) is 4.98 Å². The van der Waals surface area contributed by atoms with Gasteiger partial charge in [-0.2, -0.15) is 0 Å². The molecule has 1 fully saturated rings. The lowest BCUT2D eigenvalue weighted by Gasteiger charge is -2.31. The third-order valence-corrected chi connectivity index (χ3v) is 6.40. The maximum absolute atomic E-state index is 5.84. The summed E-state index contributed by atoms with van der Waals surface area (Å²) in [5.41, 5.74) is 2.08. The number of para-hydroxylation sites is 1. The standard InChI is InChI=1S/C22H27N3O3S/c1-26-17-10-9-15(20(27-2)21(17)28-3)19(25-13-6-11-23-12-14-25)22-24-16-7-4-5-8-18(16)29-22/h4-5,7-10,19,23H,6,11-14H2,1-3H3. The molecule has 7 heteroatoms. The first-order chi connectivity index (χ1) is 14.3. The zero-order valence-electron chi connectivity index (χ0n) is 17.1. The van der Waals surface area contributed by atoms with E-state index in [4.69, 9.17) is 19.2 Å². The first kappa shape index (κ1) is 19.9. The molecule has 1 aliphatic heterocycles. The fourth-order valence-electron chi connectivity index (χ4n) is 3.96. The average molecular weight is 414 g/mol. The molecule has 29 heavy (non-hydrogen) atoms. The van der Waals surface area contributed by atoms with Gasteiger partial charge in [0, 0.05) is 25.2 Å². The lowest BCUT2D eigenvalue weighted by molar-refractivity contribution is 0.233. The maximum Gasteiger partial charge on any atom is 0.203 e. The number of methoxy groups -OCH3 is 3. The van der Waals surface area contributed by atoms with Crippen LogP contribution >= 0.6 is 11.3 Å². The maximum atomic E-state index is 5.84. The minimum absolute atomic E-state index is 0.0120. The van der Waals surface area contributed by atoms with Crippen molar-refractivity contribution < 1.29 is 14.2 Å². The Kier molecular flexibility index (Phi) is 6.18. The highest BCUT2D eigenvalue weighted by atomic mass is 32.1. The molecule has 1 aromatic heterocycles. The molecule has 0 spiro atoms. The van der Waals surface area contributed by atoms with Gasteiger partial charge in [-0.1, -0.05) is 12.1 Å². The number of aromatic nitrogens is 1. The van der Waals surface area contributed by atoms with Gasteiger partial charge in [0.2, 0.25) is 5.75 Å². The number of rotatable bonds is 6. The van der Waals surface area contributed by atoms with Gasteiger partial charge in [0.25, 0.3) is 0 Å². The minimum Gasteiger partial charge on any atom is -0.493 e. The fraction of sp³-hybridized carbons (Fsp3) is 0.409. The Hall–Kier alpha value is -2.35. The van der Waals surface area contributed by atoms with Crippen molar-refractivity contribution in [1.29, 1.82) is 0 Å². The summed E-state index contributed by atoms with van der Waals surface area (Å²) in [7, 11) is 4.97. The number of hydrogen-bond donors (Lipinski definition) is 1. The number of thiazole rings is 1. The Morgan fingerprint density at radius 2 is 1.79 bits per heavy atom. The van der Waals surface area contributed by atoms with E-state index in [1.54, 1.807) is 32.7 Å². The first-order valence-electron chi connectivity index (χ1n) is 9.86. The van der Waals surface area contributed by atoms with Crippen molar-refractivity contribution in [2.75, 3.05) is 47.5 Å². The third kappa shape index (κ3) is 3.90. The van der Waals surface area contributed by atoms with Crippen LogP contribution in [0, 0.1) is 0 Å². The molecule has 1 N–H and O–H groups in total. The van der Waals surface area contributed by atoms with E-state index in [-0.39, 0.29) is 6.04 Å². The summed E-state index contributed by atoms with van der Waals surface area (Å²) < 4.78 is 18.2. The molecule has 0 aliphatic carbocycles. The highest BCUT2D eigenvalue weighted by Gasteiger charge is 2.31. The number of nitrogens with zero attached hydrogens (tertiary/aromatic N) is 2. The van der Waals surface area contributed by atoms with Crippen LogP contribution in [0.5, 0.6) is 17.2 Å². The largest absolute Gasteiger partial charge is 0.493 e. The Bertz CT molecular complexity index is 934. The molecular weight excluding hydrogens is 386 g/mol. The second-order valence-electron chi connectivity index (χ2n) is 6.99. The minimum atomic E-state index is -0.0120. The van der Waals surface area contributed by atoms with Gasteiger partial charge in [0.1, 0.15) is 5.01 Å². The van der Waals surface area contributed by atoms with Crippen LogP contribution in [0.3, 0.4) is 0 Å². The molecule has 1 saturated heterocycles. The van der Waals surface area contributed by atoms with Crippen LogP contribution in [0.4, 0.5) is 0 Å². The molecular formula is C22H27N3O3S. The molecule has 2 heterocycles. The van der Waals surface area contributed by atoms with Crippen molar-refractivity contribution in [3.05, 3.63) is 47.0 Å². The van der Waals surface area contributed by atoms with Crippen molar-refractivity contribution >= 4 is 21.6 Å². The van der Waals surface area contributed by atoms with Gasteiger partial charge in [0.15, 0.2) is 11.5 Å². The molecule has 2 aromatic carbocycles. The number of fused-ring (bicyclic) bond motifs is 1. The Labute approximate surface area is 175 Å². The molecule has 0 saturated carbocycles. The van der Waals surface area contributed by atoms with Crippen LogP contribution < -0.4 is 19.5 Å². The highest BCUT2D eigenvalue weighted by Crippen LogP contribution is 2.46. The van der Waals surface area contributed by atoms with E-state index < -0.39 is 0 Å². The molecule has 1 atom stereocenters. The van der Waals surface area contributed by atoms with E-state index in [9.17, 15) is 0 Å². The first-order valence-corrected chi connectivity index (χ1v) is 10.7. The molecule has 4 rings (SSSR count). The second kappa shape index (κ2) is 8.98. The highest BCUT2D eigenvalue weighted by molar-refractivity contribution is 7.18. The van der Waals surface area contributed by atoms with Gasteiger partial charge in [-0.05, 0) is 37.2 Å². The normalized spacial score (nSPS) is 16.4. The topological polar surface area (TPSA) is 55.9 Å². The molecule has 1 unspecified atom stereocenters. The number of ether oxygens (including phenoxy) is 3. The van der Waals surface area contributed by atoms with Crippen LogP contribution in [0.2, 0.25) is 0 Å². The number of benzene rings is 2. The molecule has 3 aromatic rings. The predicted octanol–water partition coefficient (Wildman–Crippen LogP) is 3.71. The predicted molar refractivity (Wildman–Crippen MR) is 117 cm³/mol. The van der Waals surface area contributed by atoms with E-state index in [2.05, 4.69) is 34.5 Å². The molecule has 6 nitrogen and oxygen atoms in total. The van der Waals surface area contributed by atoms with Crippen LogP contribution in [0.1, 0.15) is 23.0 Å². The quantitative estimate of drug-likeness (QED) is 0.665. The van der Waals surface area contributed by atoms with Crippen molar-refractivity contribution in [2.24, 2.45) is 0 Å². The summed E-state index contributed by atoms with van der Waals surface area (Å²) in [5, 5.41) is 4.56. The zero-order valence-corrected chi connectivity index (χ0v) is 17.9. The van der Waals surface area contributed by atoms with E-state index >= 15 is 0 Å². The summed E-state index contributed by atoms with van der Waals surface area (Å²) in [6, 6.07) is 12.3.